The molecule has 29 heavy (non-hydrogen) atoms. The van der Waals surface area contributed by atoms with E-state index in [0.29, 0.717) is 32.0 Å². The molecular weight excluding hydrogens is 362 g/mol. The van der Waals surface area contributed by atoms with Gasteiger partial charge in [0, 0.05) is 37.9 Å². The van der Waals surface area contributed by atoms with Crippen LogP contribution in [0.3, 0.4) is 0 Å². The quantitative estimate of drug-likeness (QED) is 0.581. The highest BCUT2D eigenvalue weighted by Crippen LogP contribution is 2.28. The highest BCUT2D eigenvalue weighted by molar-refractivity contribution is 5.85. The van der Waals surface area contributed by atoms with Crippen molar-refractivity contribution >= 4 is 11.8 Å². The van der Waals surface area contributed by atoms with E-state index in [-0.39, 0.29) is 18.4 Å². The first-order chi connectivity index (χ1) is 14.1. The lowest BCUT2D eigenvalue weighted by Gasteiger charge is -2.28. The van der Waals surface area contributed by atoms with Crippen LogP contribution in [0.1, 0.15) is 50.3 Å². The lowest BCUT2D eigenvalue weighted by molar-refractivity contribution is -0.141. The Hall–Kier alpha value is -2.56. The summed E-state index contributed by atoms with van der Waals surface area (Å²) >= 11 is 0. The predicted octanol–water partition coefficient (Wildman–Crippen LogP) is 3.78. The molecule has 1 aromatic carbocycles. The zero-order chi connectivity index (χ0) is 20.6. The van der Waals surface area contributed by atoms with Gasteiger partial charge in [0.25, 0.3) is 0 Å². The van der Waals surface area contributed by atoms with Gasteiger partial charge in [-0.25, -0.2) is 0 Å². The summed E-state index contributed by atoms with van der Waals surface area (Å²) in [7, 11) is 2.01. The number of carbonyl (C=O) groups excluding carboxylic acids is 2. The number of carbonyl (C=O) groups is 2. The fraction of sp³-hybridized carbons (Fsp3) is 0.500. The van der Waals surface area contributed by atoms with Crippen LogP contribution in [0.25, 0.3) is 0 Å². The summed E-state index contributed by atoms with van der Waals surface area (Å²) in [6.45, 7) is 3.57. The highest BCUT2D eigenvalue weighted by Gasteiger charge is 2.34. The Labute approximate surface area is 174 Å². The van der Waals surface area contributed by atoms with Crippen molar-refractivity contribution in [3.63, 3.8) is 0 Å². The second kappa shape index (κ2) is 10.3. The number of nitrogens with zero attached hydrogens (tertiary/aromatic N) is 3. The maximum Gasteiger partial charge on any atom is 0.242 e. The van der Waals surface area contributed by atoms with Gasteiger partial charge in [-0.1, -0.05) is 43.7 Å². The molecule has 2 amide bonds. The van der Waals surface area contributed by atoms with E-state index in [1.807, 2.05) is 54.5 Å². The zero-order valence-electron chi connectivity index (χ0n) is 17.7. The Morgan fingerprint density at radius 2 is 1.83 bits per heavy atom. The van der Waals surface area contributed by atoms with Crippen molar-refractivity contribution in [2.45, 2.75) is 58.0 Å². The van der Waals surface area contributed by atoms with Crippen molar-refractivity contribution < 1.29 is 9.59 Å². The third-order valence-electron chi connectivity index (χ3n) is 5.62. The third-order valence-corrected chi connectivity index (χ3v) is 5.62. The Bertz CT molecular complexity index is 795. The second-order valence-corrected chi connectivity index (χ2v) is 8.02. The van der Waals surface area contributed by atoms with Gasteiger partial charge >= 0.3 is 0 Å². The van der Waals surface area contributed by atoms with E-state index in [1.54, 1.807) is 4.90 Å². The molecule has 0 radical (unpaired) electrons. The first-order valence-electron chi connectivity index (χ1n) is 10.8. The van der Waals surface area contributed by atoms with Gasteiger partial charge in [-0.3, -0.25) is 9.59 Å². The van der Waals surface area contributed by atoms with Crippen molar-refractivity contribution in [3.8, 4) is 0 Å². The first kappa shape index (κ1) is 21.2. The second-order valence-electron chi connectivity index (χ2n) is 8.02. The van der Waals surface area contributed by atoms with Crippen LogP contribution in [0.4, 0.5) is 0 Å². The van der Waals surface area contributed by atoms with Crippen LogP contribution in [-0.4, -0.2) is 45.3 Å². The number of hydrogen-bond acceptors (Lipinski definition) is 2. The topological polar surface area (TPSA) is 45.6 Å². The summed E-state index contributed by atoms with van der Waals surface area (Å²) in [6.07, 6.45) is 7.22. The molecule has 1 aliphatic carbocycles. The Morgan fingerprint density at radius 1 is 1.07 bits per heavy atom. The van der Waals surface area contributed by atoms with Gasteiger partial charge in [0.2, 0.25) is 11.8 Å². The van der Waals surface area contributed by atoms with Gasteiger partial charge < -0.3 is 14.4 Å². The molecule has 0 saturated heterocycles. The summed E-state index contributed by atoms with van der Waals surface area (Å²) in [5.74, 6) is 0.142. The number of aryl methyl sites for hydroxylation is 2. The van der Waals surface area contributed by atoms with E-state index in [4.69, 9.17) is 0 Å². The van der Waals surface area contributed by atoms with Crippen molar-refractivity contribution in [1.29, 1.82) is 0 Å². The molecule has 2 aromatic rings. The minimum Gasteiger partial charge on any atom is -0.353 e. The van der Waals surface area contributed by atoms with Crippen molar-refractivity contribution in [3.05, 3.63) is 59.9 Å². The predicted molar refractivity (Wildman–Crippen MR) is 115 cm³/mol. The van der Waals surface area contributed by atoms with Gasteiger partial charge in [-0.15, -0.1) is 0 Å². The summed E-state index contributed by atoms with van der Waals surface area (Å²) in [5, 5.41) is 0. The fourth-order valence-corrected chi connectivity index (χ4v) is 3.59. The largest absolute Gasteiger partial charge is 0.353 e. The number of amides is 2. The van der Waals surface area contributed by atoms with Gasteiger partial charge in [-0.05, 0) is 43.4 Å². The maximum absolute atomic E-state index is 13.1. The lowest BCUT2D eigenvalue weighted by Crippen LogP contribution is -2.44. The monoisotopic (exact) mass is 395 g/mol. The Kier molecular flexibility index (Phi) is 7.50. The molecule has 1 aromatic heterocycles. The maximum atomic E-state index is 13.1. The number of hydrogen-bond donors (Lipinski definition) is 0. The average molecular weight is 396 g/mol. The lowest BCUT2D eigenvalue weighted by atomic mass is 10.1. The van der Waals surface area contributed by atoms with Gasteiger partial charge in [0.05, 0.1) is 13.1 Å². The van der Waals surface area contributed by atoms with Crippen molar-refractivity contribution in [1.82, 2.24) is 14.4 Å². The number of unbranched alkanes of at least 4 members (excludes halogenated alkanes) is 1. The third kappa shape index (κ3) is 6.21. The van der Waals surface area contributed by atoms with E-state index in [0.717, 1.165) is 36.9 Å². The zero-order valence-corrected chi connectivity index (χ0v) is 17.7. The normalized spacial score (nSPS) is 13.3. The molecule has 0 atom stereocenters. The van der Waals surface area contributed by atoms with Gasteiger partial charge in [0.15, 0.2) is 0 Å². The van der Waals surface area contributed by atoms with Crippen LogP contribution >= 0.6 is 0 Å². The van der Waals surface area contributed by atoms with Crippen LogP contribution < -0.4 is 0 Å². The van der Waals surface area contributed by atoms with Crippen LogP contribution in [0.5, 0.6) is 0 Å². The molecule has 1 fully saturated rings. The molecule has 1 saturated carbocycles. The summed E-state index contributed by atoms with van der Waals surface area (Å²) in [5.41, 5.74) is 2.28. The SMILES string of the molecule is CCCCN(CC(=O)N(Cc1cccn1C)C1CC1)C(=O)CCc1ccccc1. The number of rotatable bonds is 11. The fourth-order valence-electron chi connectivity index (χ4n) is 3.59. The summed E-state index contributed by atoms with van der Waals surface area (Å²) < 4.78 is 2.06. The van der Waals surface area contributed by atoms with E-state index in [9.17, 15) is 9.59 Å². The molecule has 5 nitrogen and oxygen atoms in total. The Balaban J connectivity index is 1.61. The molecule has 0 bridgehead atoms. The molecule has 5 heteroatoms. The van der Waals surface area contributed by atoms with E-state index >= 15 is 0 Å². The average Bonchev–Trinajstić information content (AvgIpc) is 3.49. The molecule has 0 N–H and O–H groups in total. The minimum atomic E-state index is 0.0675. The molecule has 1 heterocycles. The van der Waals surface area contributed by atoms with Crippen molar-refractivity contribution in [2.24, 2.45) is 7.05 Å². The van der Waals surface area contributed by atoms with Gasteiger partial charge in [-0.2, -0.15) is 0 Å². The molecule has 0 spiro atoms. The minimum absolute atomic E-state index is 0.0675. The molecule has 1 aliphatic rings. The smallest absolute Gasteiger partial charge is 0.242 e. The summed E-state index contributed by atoms with van der Waals surface area (Å²) in [6, 6.07) is 14.5. The van der Waals surface area contributed by atoms with E-state index < -0.39 is 0 Å². The first-order valence-corrected chi connectivity index (χ1v) is 10.8. The highest BCUT2D eigenvalue weighted by atomic mass is 16.2. The van der Waals surface area contributed by atoms with Crippen LogP contribution in [-0.2, 0) is 29.6 Å². The van der Waals surface area contributed by atoms with Crippen molar-refractivity contribution in [2.75, 3.05) is 13.1 Å². The van der Waals surface area contributed by atoms with Gasteiger partial charge in [0.1, 0.15) is 0 Å². The van der Waals surface area contributed by atoms with E-state index in [1.165, 1.54) is 0 Å². The van der Waals surface area contributed by atoms with E-state index in [2.05, 4.69) is 17.6 Å². The Morgan fingerprint density at radius 3 is 2.45 bits per heavy atom. The van der Waals surface area contributed by atoms with Crippen LogP contribution in [0.2, 0.25) is 0 Å². The molecule has 3 rings (SSSR count). The number of benzene rings is 1. The standard InChI is InChI=1S/C24H33N3O2/c1-3-4-17-26(23(28)15-12-20-9-6-5-7-10-20)19-24(29)27(21-13-14-21)18-22-11-8-16-25(22)2/h5-11,16,21H,3-4,12-15,17-19H2,1-2H3. The molecule has 0 unspecified atom stereocenters. The molecule has 156 valence electrons. The molecule has 0 aliphatic heterocycles. The summed E-state index contributed by atoms with van der Waals surface area (Å²) in [4.78, 5) is 29.8. The van der Waals surface area contributed by atoms with Crippen LogP contribution in [0.15, 0.2) is 48.7 Å². The van der Waals surface area contributed by atoms with Crippen LogP contribution in [0, 0.1) is 0 Å². The number of aromatic nitrogens is 1. The molecular formula is C24H33N3O2.